The number of hydrogen-bond acceptors (Lipinski definition) is 4. The normalized spacial score (nSPS) is 24.8. The molecule has 0 radical (unpaired) electrons. The van der Waals surface area contributed by atoms with Crippen LogP contribution in [0.4, 0.5) is 0 Å². The Morgan fingerprint density at radius 2 is 2.20 bits per heavy atom. The molecule has 0 aliphatic carbocycles. The molecule has 2 unspecified atom stereocenters. The van der Waals surface area contributed by atoms with Gasteiger partial charge in [-0.3, -0.25) is 0 Å². The van der Waals surface area contributed by atoms with E-state index in [9.17, 15) is 8.42 Å². The fraction of sp³-hybridized carbons (Fsp3) is 0.538. The van der Waals surface area contributed by atoms with Gasteiger partial charge in [0.15, 0.2) is 0 Å². The molecule has 2 atom stereocenters. The van der Waals surface area contributed by atoms with E-state index in [0.29, 0.717) is 0 Å². The summed E-state index contributed by atoms with van der Waals surface area (Å²) in [5.41, 5.74) is 0.900. The number of ether oxygens (including phenoxy) is 1. The summed E-state index contributed by atoms with van der Waals surface area (Å²) in [7, 11) is -3.69. The average molecular weight is 320 g/mol. The molecule has 0 saturated carbocycles. The van der Waals surface area contributed by atoms with Crippen LogP contribution >= 0.6 is 11.6 Å². The number of aliphatic hydroxyl groups excluding tert-OH is 1. The van der Waals surface area contributed by atoms with E-state index in [-0.39, 0.29) is 35.7 Å². The largest absolute Gasteiger partial charge is 0.394 e. The predicted octanol–water partition coefficient (Wildman–Crippen LogP) is 1.42. The highest BCUT2D eigenvalue weighted by atomic mass is 35.5. The molecule has 2 rings (SSSR count). The van der Waals surface area contributed by atoms with Crippen molar-refractivity contribution in [1.82, 2.24) is 4.31 Å². The lowest BCUT2D eigenvalue weighted by atomic mass is 10.2. The minimum atomic E-state index is -3.69. The first-order valence-corrected chi connectivity index (χ1v) is 8.18. The van der Waals surface area contributed by atoms with Gasteiger partial charge in [-0.1, -0.05) is 17.7 Å². The number of aryl methyl sites for hydroxylation is 1. The molecule has 0 bridgehead atoms. The van der Waals surface area contributed by atoms with Crippen LogP contribution in [-0.2, 0) is 14.8 Å². The van der Waals surface area contributed by atoms with Crippen LogP contribution in [0.2, 0.25) is 5.02 Å². The molecule has 20 heavy (non-hydrogen) atoms. The molecule has 1 fully saturated rings. The first-order chi connectivity index (χ1) is 9.36. The molecule has 0 spiro atoms. The van der Waals surface area contributed by atoms with Gasteiger partial charge in [0.05, 0.1) is 24.3 Å². The summed E-state index contributed by atoms with van der Waals surface area (Å²) in [4.78, 5) is 0.0928. The Labute approximate surface area is 124 Å². The van der Waals surface area contributed by atoms with Crippen LogP contribution < -0.4 is 0 Å². The summed E-state index contributed by atoms with van der Waals surface area (Å²) in [6.07, 6.45) is -0.495. The number of halogens is 1. The van der Waals surface area contributed by atoms with Crippen molar-refractivity contribution in [1.29, 1.82) is 0 Å². The van der Waals surface area contributed by atoms with Crippen molar-refractivity contribution in [2.24, 2.45) is 0 Å². The van der Waals surface area contributed by atoms with Crippen LogP contribution in [0.3, 0.4) is 0 Å². The van der Waals surface area contributed by atoms with Crippen LogP contribution in [0.25, 0.3) is 0 Å². The molecular weight excluding hydrogens is 302 g/mol. The highest BCUT2D eigenvalue weighted by Crippen LogP contribution is 2.28. The number of hydrogen-bond donors (Lipinski definition) is 1. The Bertz CT molecular complexity index is 590. The molecule has 112 valence electrons. The highest BCUT2D eigenvalue weighted by molar-refractivity contribution is 7.89. The van der Waals surface area contributed by atoms with E-state index in [1.807, 2.05) is 6.92 Å². The van der Waals surface area contributed by atoms with E-state index in [4.69, 9.17) is 21.4 Å². The Morgan fingerprint density at radius 3 is 2.80 bits per heavy atom. The summed E-state index contributed by atoms with van der Waals surface area (Å²) < 4.78 is 32.1. The first kappa shape index (κ1) is 15.7. The fourth-order valence-corrected chi connectivity index (χ4v) is 4.40. The lowest BCUT2D eigenvalue weighted by molar-refractivity contribution is -0.0516. The van der Waals surface area contributed by atoms with E-state index in [2.05, 4.69) is 0 Å². The Kier molecular flexibility index (Phi) is 4.71. The van der Waals surface area contributed by atoms with Gasteiger partial charge in [-0.25, -0.2) is 8.42 Å². The molecule has 0 aromatic heterocycles. The Hall–Kier alpha value is -0.660. The van der Waals surface area contributed by atoms with Gasteiger partial charge in [0.2, 0.25) is 10.0 Å². The number of benzene rings is 1. The zero-order valence-electron chi connectivity index (χ0n) is 11.4. The molecule has 1 aromatic rings. The molecule has 1 N–H and O–H groups in total. The maximum Gasteiger partial charge on any atom is 0.244 e. The van der Waals surface area contributed by atoms with Gasteiger partial charge in [0.25, 0.3) is 0 Å². The predicted molar refractivity (Wildman–Crippen MR) is 76.4 cm³/mol. The first-order valence-electron chi connectivity index (χ1n) is 6.36. The third kappa shape index (κ3) is 2.99. The topological polar surface area (TPSA) is 66.8 Å². The molecule has 7 heteroatoms. The standard InChI is InChI=1S/C13H18ClNO4S/c1-9-3-4-13(12(14)5-9)20(17,18)15-6-11(7-16)19-8-10(15)2/h3-5,10-11,16H,6-8H2,1-2H3. The second kappa shape index (κ2) is 5.99. The zero-order valence-corrected chi connectivity index (χ0v) is 13.0. The molecule has 5 nitrogen and oxygen atoms in total. The SMILES string of the molecule is Cc1ccc(S(=O)(=O)N2CC(CO)OCC2C)c(Cl)c1. The van der Waals surface area contributed by atoms with Crippen LogP contribution in [0.1, 0.15) is 12.5 Å². The van der Waals surface area contributed by atoms with Crippen molar-refractivity contribution < 1.29 is 18.3 Å². The molecule has 1 aromatic carbocycles. The number of rotatable bonds is 3. The minimum absolute atomic E-state index is 0.0928. The van der Waals surface area contributed by atoms with E-state index in [1.165, 1.54) is 10.4 Å². The molecule has 0 amide bonds. The molecular formula is C13H18ClNO4S. The second-order valence-electron chi connectivity index (χ2n) is 5.00. The van der Waals surface area contributed by atoms with Gasteiger partial charge < -0.3 is 9.84 Å². The van der Waals surface area contributed by atoms with E-state index < -0.39 is 16.1 Å². The van der Waals surface area contributed by atoms with Crippen molar-refractivity contribution in [3.8, 4) is 0 Å². The van der Waals surface area contributed by atoms with Crippen LogP contribution in [-0.4, -0.2) is 49.7 Å². The average Bonchev–Trinajstić information content (AvgIpc) is 2.38. The van der Waals surface area contributed by atoms with Crippen LogP contribution in [0.5, 0.6) is 0 Å². The fourth-order valence-electron chi connectivity index (χ4n) is 2.18. The van der Waals surface area contributed by atoms with Gasteiger partial charge >= 0.3 is 0 Å². The summed E-state index contributed by atoms with van der Waals surface area (Å²) in [5.74, 6) is 0. The number of nitrogens with zero attached hydrogens (tertiary/aromatic N) is 1. The number of aliphatic hydroxyl groups is 1. The summed E-state index contributed by atoms with van der Waals surface area (Å²) >= 11 is 6.06. The Morgan fingerprint density at radius 1 is 1.50 bits per heavy atom. The lowest BCUT2D eigenvalue weighted by Gasteiger charge is -2.36. The Balaban J connectivity index is 2.38. The third-order valence-electron chi connectivity index (χ3n) is 3.33. The van der Waals surface area contributed by atoms with Gasteiger partial charge in [0.1, 0.15) is 4.90 Å². The van der Waals surface area contributed by atoms with Gasteiger partial charge in [-0.15, -0.1) is 0 Å². The van der Waals surface area contributed by atoms with Crippen LogP contribution in [0, 0.1) is 6.92 Å². The highest BCUT2D eigenvalue weighted by Gasteiger charge is 2.36. The molecule has 1 saturated heterocycles. The van der Waals surface area contributed by atoms with Gasteiger partial charge in [0, 0.05) is 12.6 Å². The van der Waals surface area contributed by atoms with Crippen molar-refractivity contribution >= 4 is 21.6 Å². The van der Waals surface area contributed by atoms with E-state index in [0.717, 1.165) is 5.56 Å². The molecule has 1 aliphatic heterocycles. The third-order valence-corrected chi connectivity index (χ3v) is 5.79. The summed E-state index contributed by atoms with van der Waals surface area (Å²) in [5, 5.41) is 9.36. The zero-order chi connectivity index (χ0) is 14.9. The van der Waals surface area contributed by atoms with Crippen molar-refractivity contribution in [2.45, 2.75) is 30.9 Å². The van der Waals surface area contributed by atoms with E-state index >= 15 is 0 Å². The molecule has 1 aliphatic rings. The van der Waals surface area contributed by atoms with Crippen molar-refractivity contribution in [2.75, 3.05) is 19.8 Å². The quantitative estimate of drug-likeness (QED) is 0.915. The van der Waals surface area contributed by atoms with E-state index in [1.54, 1.807) is 19.1 Å². The molecule has 1 heterocycles. The van der Waals surface area contributed by atoms with Gasteiger partial charge in [-0.05, 0) is 31.5 Å². The maximum absolute atomic E-state index is 12.7. The maximum atomic E-state index is 12.7. The minimum Gasteiger partial charge on any atom is -0.394 e. The number of sulfonamides is 1. The smallest absolute Gasteiger partial charge is 0.244 e. The van der Waals surface area contributed by atoms with Crippen LogP contribution in [0.15, 0.2) is 23.1 Å². The summed E-state index contributed by atoms with van der Waals surface area (Å²) in [6, 6.07) is 4.57. The van der Waals surface area contributed by atoms with Crippen molar-refractivity contribution in [3.63, 3.8) is 0 Å². The van der Waals surface area contributed by atoms with Crippen molar-refractivity contribution in [3.05, 3.63) is 28.8 Å². The lowest BCUT2D eigenvalue weighted by Crippen LogP contribution is -2.51. The van der Waals surface area contributed by atoms with Gasteiger partial charge in [-0.2, -0.15) is 4.31 Å². The monoisotopic (exact) mass is 319 g/mol. The summed E-state index contributed by atoms with van der Waals surface area (Å²) in [6.45, 7) is 3.80. The number of morpholine rings is 1. The second-order valence-corrected chi connectivity index (χ2v) is 7.26.